The maximum atomic E-state index is 11.5. The summed E-state index contributed by atoms with van der Waals surface area (Å²) < 4.78 is 10.6. The largest absolute Gasteiger partial charge is 0.458 e. The van der Waals surface area contributed by atoms with Gasteiger partial charge in [0.1, 0.15) is 12.2 Å². The fraction of sp³-hybridized carbons (Fsp3) is 0.409. The van der Waals surface area contributed by atoms with Crippen molar-refractivity contribution in [1.29, 1.82) is 0 Å². The van der Waals surface area contributed by atoms with Crippen LogP contribution in [0.5, 0.6) is 0 Å². The molecule has 0 unspecified atom stereocenters. The molecule has 0 aromatic heterocycles. The third-order valence-corrected chi connectivity index (χ3v) is 3.84. The number of nitrogen functional groups attached to an aromatic ring is 1. The molecule has 0 saturated carbocycles. The zero-order valence-corrected chi connectivity index (χ0v) is 16.0. The first-order valence-corrected chi connectivity index (χ1v) is 9.08. The minimum Gasteiger partial charge on any atom is -0.458 e. The number of carbonyl (C=O) groups excluding carboxylic acids is 1. The van der Waals surface area contributed by atoms with E-state index in [1.165, 1.54) is 16.7 Å². The fourth-order valence-electron chi connectivity index (χ4n) is 2.60. The van der Waals surface area contributed by atoms with Crippen molar-refractivity contribution >= 4 is 11.7 Å². The molecule has 0 amide bonds. The highest BCUT2D eigenvalue weighted by Crippen LogP contribution is 2.21. The van der Waals surface area contributed by atoms with E-state index in [1.807, 2.05) is 45.0 Å². The van der Waals surface area contributed by atoms with Crippen LogP contribution in [0.4, 0.5) is 5.69 Å². The Balaban J connectivity index is 1.66. The monoisotopic (exact) mass is 355 g/mol. The Hall–Kier alpha value is -2.33. The van der Waals surface area contributed by atoms with Gasteiger partial charge in [0.05, 0.1) is 0 Å². The summed E-state index contributed by atoms with van der Waals surface area (Å²) in [4.78, 5) is 11.5. The van der Waals surface area contributed by atoms with Gasteiger partial charge in [-0.25, -0.2) is 4.79 Å². The lowest BCUT2D eigenvalue weighted by atomic mass is 10.0. The number of hydrogen-bond donors (Lipinski definition) is 1. The zero-order valence-electron chi connectivity index (χ0n) is 16.0. The van der Waals surface area contributed by atoms with Crippen LogP contribution in [0.2, 0.25) is 0 Å². The summed E-state index contributed by atoms with van der Waals surface area (Å²) in [5.41, 5.74) is 9.70. The fourth-order valence-corrected chi connectivity index (χ4v) is 2.60. The lowest BCUT2D eigenvalue weighted by molar-refractivity contribution is -0.160. The number of ether oxygens (including phenoxy) is 2. The topological polar surface area (TPSA) is 61.5 Å². The highest BCUT2D eigenvalue weighted by molar-refractivity contribution is 5.71. The molecule has 0 bridgehead atoms. The quantitative estimate of drug-likeness (QED) is 0.426. The number of hydrogen-bond acceptors (Lipinski definition) is 4. The number of nitrogens with two attached hydrogens (primary N) is 1. The number of unbranched alkanes of at least 4 members (excludes halogenated alkanes) is 1. The van der Waals surface area contributed by atoms with Gasteiger partial charge in [0.2, 0.25) is 0 Å². The highest BCUT2D eigenvalue weighted by atomic mass is 16.6. The number of carbonyl (C=O) groups is 1. The van der Waals surface area contributed by atoms with Crippen LogP contribution in [0.3, 0.4) is 0 Å². The van der Waals surface area contributed by atoms with E-state index in [-0.39, 0.29) is 12.6 Å². The van der Waals surface area contributed by atoms with Crippen LogP contribution in [-0.2, 0) is 20.7 Å². The maximum absolute atomic E-state index is 11.5. The lowest BCUT2D eigenvalue weighted by Gasteiger charge is -2.19. The second-order valence-corrected chi connectivity index (χ2v) is 7.42. The van der Waals surface area contributed by atoms with Gasteiger partial charge in [0.25, 0.3) is 0 Å². The van der Waals surface area contributed by atoms with Gasteiger partial charge >= 0.3 is 5.97 Å². The van der Waals surface area contributed by atoms with Crippen LogP contribution in [0.1, 0.15) is 39.2 Å². The number of esters is 1. The maximum Gasteiger partial charge on any atom is 0.332 e. The number of aryl methyl sites for hydroxylation is 1. The molecule has 26 heavy (non-hydrogen) atoms. The first kappa shape index (κ1) is 20.0. The molecule has 4 nitrogen and oxygen atoms in total. The highest BCUT2D eigenvalue weighted by Gasteiger charge is 2.15. The van der Waals surface area contributed by atoms with Crippen molar-refractivity contribution in [3.63, 3.8) is 0 Å². The molecule has 0 spiro atoms. The van der Waals surface area contributed by atoms with Gasteiger partial charge in [-0.2, -0.15) is 0 Å². The van der Waals surface area contributed by atoms with Crippen molar-refractivity contribution in [2.75, 3.05) is 18.9 Å². The third-order valence-electron chi connectivity index (χ3n) is 3.84. The van der Waals surface area contributed by atoms with Crippen LogP contribution in [0, 0.1) is 0 Å². The standard InChI is InChI=1S/C22H29NO3/c1-22(2,3)26-21(24)16-25-15-5-4-6-17-7-9-18(10-8-17)19-11-13-20(23)14-12-19/h7-14H,4-6,15-16,23H2,1-3H3. The Labute approximate surface area is 156 Å². The van der Waals surface area contributed by atoms with E-state index in [4.69, 9.17) is 15.2 Å². The van der Waals surface area contributed by atoms with Crippen LogP contribution in [0.25, 0.3) is 11.1 Å². The van der Waals surface area contributed by atoms with Gasteiger partial charge in [-0.05, 0) is 68.9 Å². The molecule has 2 N–H and O–H groups in total. The summed E-state index contributed by atoms with van der Waals surface area (Å²) in [6, 6.07) is 16.5. The molecule has 2 aromatic carbocycles. The van der Waals surface area contributed by atoms with E-state index in [0.717, 1.165) is 24.9 Å². The molecule has 2 rings (SSSR count). The van der Waals surface area contributed by atoms with E-state index in [9.17, 15) is 4.79 Å². The van der Waals surface area contributed by atoms with Crippen molar-refractivity contribution in [1.82, 2.24) is 0 Å². The molecule has 0 heterocycles. The first-order valence-electron chi connectivity index (χ1n) is 9.08. The summed E-state index contributed by atoms with van der Waals surface area (Å²) in [5, 5.41) is 0. The van der Waals surface area contributed by atoms with Gasteiger partial charge in [-0.3, -0.25) is 0 Å². The van der Waals surface area contributed by atoms with Gasteiger partial charge < -0.3 is 15.2 Å². The average Bonchev–Trinajstić information content (AvgIpc) is 2.58. The van der Waals surface area contributed by atoms with E-state index < -0.39 is 5.60 Å². The van der Waals surface area contributed by atoms with Crippen LogP contribution in [-0.4, -0.2) is 24.8 Å². The molecule has 0 aliphatic heterocycles. The molecular formula is C22H29NO3. The molecule has 0 radical (unpaired) electrons. The minimum absolute atomic E-state index is 0.0214. The molecule has 140 valence electrons. The molecule has 0 aliphatic rings. The SMILES string of the molecule is CC(C)(C)OC(=O)COCCCCc1ccc(-c2ccc(N)cc2)cc1. The third kappa shape index (κ3) is 7.28. The van der Waals surface area contributed by atoms with Crippen molar-refractivity contribution in [3.05, 3.63) is 54.1 Å². The average molecular weight is 355 g/mol. The molecule has 0 saturated heterocycles. The number of anilines is 1. The summed E-state index contributed by atoms with van der Waals surface area (Å²) in [5.74, 6) is -0.309. The predicted octanol–water partition coefficient (Wildman–Crippen LogP) is 4.62. The van der Waals surface area contributed by atoms with Gasteiger partial charge in [-0.15, -0.1) is 0 Å². The Morgan fingerprint density at radius 1 is 0.923 bits per heavy atom. The summed E-state index contributed by atoms with van der Waals surface area (Å²) in [6.07, 6.45) is 2.94. The van der Waals surface area contributed by atoms with Crippen molar-refractivity contribution in [3.8, 4) is 11.1 Å². The smallest absolute Gasteiger partial charge is 0.332 e. The van der Waals surface area contributed by atoms with E-state index in [0.29, 0.717) is 6.61 Å². The van der Waals surface area contributed by atoms with Crippen LogP contribution < -0.4 is 5.73 Å². The van der Waals surface area contributed by atoms with E-state index in [1.54, 1.807) is 0 Å². The predicted molar refractivity (Wildman–Crippen MR) is 106 cm³/mol. The van der Waals surface area contributed by atoms with Crippen LogP contribution in [0.15, 0.2) is 48.5 Å². The molecule has 2 aromatic rings. The second-order valence-electron chi connectivity index (χ2n) is 7.42. The number of rotatable bonds is 8. The Morgan fingerprint density at radius 2 is 1.50 bits per heavy atom. The second kappa shape index (κ2) is 9.39. The first-order chi connectivity index (χ1) is 12.3. The normalized spacial score (nSPS) is 11.3. The van der Waals surface area contributed by atoms with Gasteiger partial charge in [0.15, 0.2) is 0 Å². The molecule has 0 aliphatic carbocycles. The summed E-state index contributed by atoms with van der Waals surface area (Å²) in [7, 11) is 0. The minimum atomic E-state index is -0.459. The molecular weight excluding hydrogens is 326 g/mol. The Bertz CT molecular complexity index is 685. The van der Waals surface area contributed by atoms with Crippen molar-refractivity contribution in [2.45, 2.75) is 45.6 Å². The summed E-state index contributed by atoms with van der Waals surface area (Å²) >= 11 is 0. The lowest BCUT2D eigenvalue weighted by Crippen LogP contribution is -2.26. The van der Waals surface area contributed by atoms with E-state index in [2.05, 4.69) is 24.3 Å². The molecule has 0 fully saturated rings. The zero-order chi connectivity index (χ0) is 19.0. The van der Waals surface area contributed by atoms with Crippen LogP contribution >= 0.6 is 0 Å². The Morgan fingerprint density at radius 3 is 2.08 bits per heavy atom. The van der Waals surface area contributed by atoms with Crippen molar-refractivity contribution in [2.24, 2.45) is 0 Å². The van der Waals surface area contributed by atoms with Gasteiger partial charge in [-0.1, -0.05) is 36.4 Å². The molecule has 4 heteroatoms. The Kier molecular flexibility index (Phi) is 7.22. The number of benzene rings is 2. The molecule has 0 atom stereocenters. The summed E-state index contributed by atoms with van der Waals surface area (Å²) in [6.45, 7) is 6.15. The van der Waals surface area contributed by atoms with Crippen molar-refractivity contribution < 1.29 is 14.3 Å². The van der Waals surface area contributed by atoms with E-state index >= 15 is 0 Å². The van der Waals surface area contributed by atoms with Gasteiger partial charge in [0, 0.05) is 12.3 Å².